The van der Waals surface area contributed by atoms with Crippen molar-refractivity contribution >= 4 is 34.9 Å². The summed E-state index contributed by atoms with van der Waals surface area (Å²) in [7, 11) is 1.98. The average Bonchev–Trinajstić information content (AvgIpc) is 2.98. The zero-order valence-corrected chi connectivity index (χ0v) is 14.6. The molecule has 0 fully saturated rings. The number of nitrogens with zero attached hydrogens (tertiary/aromatic N) is 4. The van der Waals surface area contributed by atoms with E-state index in [4.69, 9.17) is 0 Å². The molecule has 2 aromatic heterocycles. The molecule has 0 aliphatic carbocycles. The molecule has 8 heteroatoms. The number of rotatable bonds is 7. The monoisotopic (exact) mass is 329 g/mol. The van der Waals surface area contributed by atoms with E-state index in [9.17, 15) is 0 Å². The number of nitrogens with one attached hydrogen (secondary N) is 1. The molecule has 0 aliphatic rings. The van der Waals surface area contributed by atoms with Crippen LogP contribution >= 0.6 is 34.9 Å². The lowest BCUT2D eigenvalue weighted by Gasteiger charge is -2.05. The molecule has 110 valence electrons. The van der Waals surface area contributed by atoms with Crippen LogP contribution in [0, 0.1) is 6.92 Å². The molecule has 0 spiro atoms. The van der Waals surface area contributed by atoms with Crippen molar-refractivity contribution in [3.8, 4) is 0 Å². The van der Waals surface area contributed by atoms with E-state index in [2.05, 4.69) is 34.5 Å². The molecule has 0 aromatic carbocycles. The number of thioether (sulfide) groups is 1. The van der Waals surface area contributed by atoms with Gasteiger partial charge in [-0.15, -0.1) is 10.2 Å². The summed E-state index contributed by atoms with van der Waals surface area (Å²) < 4.78 is 3.90. The molecular weight excluding hydrogens is 310 g/mol. The lowest BCUT2D eigenvalue weighted by Crippen LogP contribution is -2.14. The van der Waals surface area contributed by atoms with Crippen molar-refractivity contribution in [3.05, 3.63) is 11.3 Å². The molecule has 2 rings (SSSR count). The number of hydrogen-bond donors (Lipinski definition) is 1. The SMILES string of the molecule is CCCNCc1c(C)nn(C)c1Sc1nnc(SC)s1. The average molecular weight is 330 g/mol. The van der Waals surface area contributed by atoms with Gasteiger partial charge in [0.05, 0.1) is 5.69 Å². The fourth-order valence-corrected chi connectivity index (χ4v) is 4.37. The lowest BCUT2D eigenvalue weighted by molar-refractivity contribution is 0.653. The molecule has 20 heavy (non-hydrogen) atoms. The van der Waals surface area contributed by atoms with Crippen molar-refractivity contribution < 1.29 is 0 Å². The Bertz CT molecular complexity index is 563. The minimum atomic E-state index is 0.851. The predicted molar refractivity (Wildman–Crippen MR) is 85.8 cm³/mol. The Morgan fingerprint density at radius 2 is 2.05 bits per heavy atom. The topological polar surface area (TPSA) is 55.6 Å². The van der Waals surface area contributed by atoms with Crippen LogP contribution in [0.4, 0.5) is 0 Å². The minimum Gasteiger partial charge on any atom is -0.313 e. The summed E-state index contributed by atoms with van der Waals surface area (Å²) in [5.41, 5.74) is 2.33. The van der Waals surface area contributed by atoms with Gasteiger partial charge in [0, 0.05) is 19.2 Å². The van der Waals surface area contributed by atoms with Crippen molar-refractivity contribution in [2.75, 3.05) is 12.8 Å². The highest BCUT2D eigenvalue weighted by Gasteiger charge is 2.16. The van der Waals surface area contributed by atoms with E-state index < -0.39 is 0 Å². The van der Waals surface area contributed by atoms with Gasteiger partial charge in [-0.05, 0) is 37.9 Å². The second-order valence-corrected chi connectivity index (χ2v) is 7.58. The van der Waals surface area contributed by atoms with Crippen LogP contribution in [0.5, 0.6) is 0 Å². The Morgan fingerprint density at radius 3 is 2.70 bits per heavy atom. The molecule has 0 unspecified atom stereocenters. The standard InChI is InChI=1S/C12H19N5S3/c1-5-6-13-7-9-8(2)16-17(3)10(9)19-12-15-14-11(18-4)20-12/h13H,5-7H2,1-4H3. The van der Waals surface area contributed by atoms with Gasteiger partial charge in [0.2, 0.25) is 0 Å². The molecule has 2 aromatic rings. The van der Waals surface area contributed by atoms with Gasteiger partial charge in [-0.25, -0.2) is 0 Å². The zero-order valence-electron chi connectivity index (χ0n) is 12.1. The van der Waals surface area contributed by atoms with Gasteiger partial charge in [-0.2, -0.15) is 5.10 Å². The fourth-order valence-electron chi connectivity index (χ4n) is 1.81. The van der Waals surface area contributed by atoms with Crippen LogP contribution in [-0.4, -0.2) is 32.8 Å². The third-order valence-corrected chi connectivity index (χ3v) is 5.92. The first-order valence-corrected chi connectivity index (χ1v) is 9.30. The first-order valence-electron chi connectivity index (χ1n) is 6.44. The number of aromatic nitrogens is 4. The molecule has 0 aliphatic heterocycles. The van der Waals surface area contributed by atoms with E-state index >= 15 is 0 Å². The van der Waals surface area contributed by atoms with Crippen LogP contribution in [0.25, 0.3) is 0 Å². The van der Waals surface area contributed by atoms with Crippen molar-refractivity contribution in [3.63, 3.8) is 0 Å². The maximum Gasteiger partial charge on any atom is 0.181 e. The third kappa shape index (κ3) is 3.75. The highest BCUT2D eigenvalue weighted by atomic mass is 32.2. The van der Waals surface area contributed by atoms with Crippen LogP contribution in [0.1, 0.15) is 24.6 Å². The predicted octanol–water partition coefficient (Wildman–Crippen LogP) is 2.95. The summed E-state index contributed by atoms with van der Waals surface area (Å²) in [6, 6.07) is 0. The third-order valence-electron chi connectivity index (χ3n) is 2.76. The number of aryl methyl sites for hydroxylation is 2. The molecule has 0 amide bonds. The molecule has 5 nitrogen and oxygen atoms in total. The van der Waals surface area contributed by atoms with Crippen molar-refractivity contribution in [1.82, 2.24) is 25.3 Å². The lowest BCUT2D eigenvalue weighted by atomic mass is 10.2. The van der Waals surface area contributed by atoms with Crippen LogP contribution in [-0.2, 0) is 13.6 Å². The summed E-state index contributed by atoms with van der Waals surface area (Å²) in [6.07, 6.45) is 3.15. The van der Waals surface area contributed by atoms with Gasteiger partial charge in [-0.1, -0.05) is 30.0 Å². The van der Waals surface area contributed by atoms with Crippen LogP contribution in [0.3, 0.4) is 0 Å². The molecule has 0 saturated heterocycles. The Morgan fingerprint density at radius 1 is 1.30 bits per heavy atom. The van der Waals surface area contributed by atoms with E-state index in [0.29, 0.717) is 0 Å². The molecule has 0 radical (unpaired) electrons. The summed E-state index contributed by atoms with van der Waals surface area (Å²) >= 11 is 4.90. The molecule has 0 saturated carbocycles. The van der Waals surface area contributed by atoms with Crippen LogP contribution < -0.4 is 5.32 Å². The quantitative estimate of drug-likeness (QED) is 0.622. The molecular formula is C12H19N5S3. The zero-order chi connectivity index (χ0) is 14.5. The second-order valence-electron chi connectivity index (χ2n) is 4.31. The molecule has 0 bridgehead atoms. The maximum absolute atomic E-state index is 4.52. The van der Waals surface area contributed by atoms with Gasteiger partial charge < -0.3 is 5.32 Å². The first-order chi connectivity index (χ1) is 9.65. The summed E-state index contributed by atoms with van der Waals surface area (Å²) in [6.45, 7) is 6.10. The minimum absolute atomic E-state index is 0.851. The summed E-state index contributed by atoms with van der Waals surface area (Å²) in [5, 5.41) is 17.5. The Balaban J connectivity index is 2.17. The fraction of sp³-hybridized carbons (Fsp3) is 0.583. The van der Waals surface area contributed by atoms with Crippen molar-refractivity contribution in [2.24, 2.45) is 7.05 Å². The second kappa shape index (κ2) is 7.44. The van der Waals surface area contributed by atoms with Gasteiger partial charge in [0.25, 0.3) is 0 Å². The van der Waals surface area contributed by atoms with E-state index in [-0.39, 0.29) is 0 Å². The van der Waals surface area contributed by atoms with E-state index in [1.54, 1.807) is 34.9 Å². The maximum atomic E-state index is 4.52. The summed E-state index contributed by atoms with van der Waals surface area (Å²) in [4.78, 5) is 0. The Labute approximate surface area is 131 Å². The van der Waals surface area contributed by atoms with Gasteiger partial charge in [0.1, 0.15) is 5.03 Å². The van der Waals surface area contributed by atoms with Crippen molar-refractivity contribution in [1.29, 1.82) is 0 Å². The molecule has 1 N–H and O–H groups in total. The van der Waals surface area contributed by atoms with Crippen LogP contribution in [0.2, 0.25) is 0 Å². The normalized spacial score (nSPS) is 11.2. The van der Waals surface area contributed by atoms with Gasteiger partial charge >= 0.3 is 0 Å². The summed E-state index contributed by atoms with van der Waals surface area (Å²) in [5.74, 6) is 0. The smallest absolute Gasteiger partial charge is 0.181 e. The highest BCUT2D eigenvalue weighted by molar-refractivity contribution is 8.03. The molecule has 2 heterocycles. The largest absolute Gasteiger partial charge is 0.313 e. The number of hydrogen-bond acceptors (Lipinski definition) is 7. The van der Waals surface area contributed by atoms with Gasteiger partial charge in [-0.3, -0.25) is 4.68 Å². The molecule has 0 atom stereocenters. The Kier molecular flexibility index (Phi) is 5.88. The van der Waals surface area contributed by atoms with Gasteiger partial charge in [0.15, 0.2) is 8.68 Å². The van der Waals surface area contributed by atoms with E-state index in [1.807, 2.05) is 18.0 Å². The Hall–Kier alpha value is -0.570. The van der Waals surface area contributed by atoms with E-state index in [0.717, 1.165) is 38.9 Å². The van der Waals surface area contributed by atoms with E-state index in [1.165, 1.54) is 5.56 Å². The van der Waals surface area contributed by atoms with Crippen molar-refractivity contribution in [2.45, 2.75) is 40.5 Å². The first kappa shape index (κ1) is 15.8. The highest BCUT2D eigenvalue weighted by Crippen LogP contribution is 2.35. The van der Waals surface area contributed by atoms with Crippen LogP contribution in [0.15, 0.2) is 13.7 Å².